The Morgan fingerprint density at radius 1 is 0.241 bits per heavy atom. The Morgan fingerprint density at radius 3 is 1.48 bits per heavy atom. The van der Waals surface area contributed by atoms with E-state index in [4.69, 9.17) is 0 Å². The average molecular weight is 769 g/mol. The van der Waals surface area contributed by atoms with Gasteiger partial charge >= 0.3 is 0 Å². The second kappa shape index (κ2) is 12.3. The zero-order valence-electron chi connectivity index (χ0n) is 31.3. The van der Waals surface area contributed by atoms with Crippen molar-refractivity contribution in [1.29, 1.82) is 0 Å². The predicted molar refractivity (Wildman–Crippen MR) is 256 cm³/mol. The lowest BCUT2D eigenvalue weighted by molar-refractivity contribution is 1.66. The van der Waals surface area contributed by atoms with E-state index in [9.17, 15) is 0 Å². The van der Waals surface area contributed by atoms with Crippen molar-refractivity contribution >= 4 is 117 Å². The summed E-state index contributed by atoms with van der Waals surface area (Å²) in [5, 5.41) is 18.1. The van der Waals surface area contributed by atoms with Gasteiger partial charge in [-0.25, -0.2) is 0 Å². The fraction of sp³-hybridized carbons (Fsp3) is 0. The van der Waals surface area contributed by atoms with Crippen LogP contribution in [-0.2, 0) is 0 Å². The summed E-state index contributed by atoms with van der Waals surface area (Å²) in [7, 11) is 0. The van der Waals surface area contributed by atoms with E-state index in [1.165, 1.54) is 128 Å². The lowest BCUT2D eigenvalue weighted by atomic mass is 9.83. The molecular weight excluding hydrogens is 737 g/mol. The van der Waals surface area contributed by atoms with E-state index in [1.807, 2.05) is 22.7 Å². The minimum Gasteiger partial charge on any atom is -0.134 e. The van der Waals surface area contributed by atoms with Crippen LogP contribution >= 0.6 is 22.7 Å². The zero-order valence-corrected chi connectivity index (χ0v) is 32.9. The quantitative estimate of drug-likeness (QED) is 0.157. The Bertz CT molecular complexity index is 3800. The van der Waals surface area contributed by atoms with Crippen molar-refractivity contribution in [2.45, 2.75) is 0 Å². The summed E-state index contributed by atoms with van der Waals surface area (Å²) in [6, 6.07) is 72.6. The lowest BCUT2D eigenvalue weighted by Crippen LogP contribution is -1.92. The van der Waals surface area contributed by atoms with Crippen LogP contribution in [0.15, 0.2) is 194 Å². The molecule has 0 nitrogen and oxygen atoms in total. The molecule has 13 rings (SSSR count). The van der Waals surface area contributed by atoms with Crippen LogP contribution in [-0.4, -0.2) is 0 Å². The normalized spacial score (nSPS) is 12.1. The number of hydrogen-bond donors (Lipinski definition) is 0. The Morgan fingerprint density at radius 2 is 0.741 bits per heavy atom. The molecule has 0 bridgehead atoms. The molecule has 0 aliphatic heterocycles. The summed E-state index contributed by atoms with van der Waals surface area (Å²) in [6.45, 7) is 0. The summed E-state index contributed by atoms with van der Waals surface area (Å²) in [5.41, 5.74) is 7.58. The molecule has 58 heavy (non-hydrogen) atoms. The summed E-state index contributed by atoms with van der Waals surface area (Å²) in [6.07, 6.45) is 0. The van der Waals surface area contributed by atoms with Gasteiger partial charge < -0.3 is 0 Å². The summed E-state index contributed by atoms with van der Waals surface area (Å²) in [4.78, 5) is 0. The minimum absolute atomic E-state index is 1.24. The second-order valence-electron chi connectivity index (χ2n) is 15.5. The molecule has 0 amide bonds. The molecule has 2 heterocycles. The van der Waals surface area contributed by atoms with Gasteiger partial charge in [0, 0.05) is 30.9 Å². The Labute approximate surface area is 342 Å². The summed E-state index contributed by atoms with van der Waals surface area (Å²) >= 11 is 3.86. The molecule has 11 aromatic carbocycles. The van der Waals surface area contributed by atoms with Gasteiger partial charge in [0.2, 0.25) is 0 Å². The van der Waals surface area contributed by atoms with Crippen molar-refractivity contribution in [3.8, 4) is 33.4 Å². The largest absolute Gasteiger partial charge is 0.134 e. The maximum absolute atomic E-state index is 2.43. The second-order valence-corrected chi connectivity index (χ2v) is 17.6. The van der Waals surface area contributed by atoms with Crippen LogP contribution in [0, 0.1) is 0 Å². The molecule has 0 saturated heterocycles. The molecule has 268 valence electrons. The van der Waals surface area contributed by atoms with Crippen molar-refractivity contribution in [1.82, 2.24) is 0 Å². The first-order valence-electron chi connectivity index (χ1n) is 19.9. The highest BCUT2D eigenvalue weighted by molar-refractivity contribution is 7.33. The van der Waals surface area contributed by atoms with Gasteiger partial charge in [-0.05, 0) is 118 Å². The molecule has 2 heteroatoms. The average Bonchev–Trinajstić information content (AvgIpc) is 3.85. The number of thiophene rings is 2. The van der Waals surface area contributed by atoms with E-state index in [1.54, 1.807) is 0 Å². The Balaban J connectivity index is 0.999. The fourth-order valence-electron chi connectivity index (χ4n) is 9.77. The highest BCUT2D eigenvalue weighted by Crippen LogP contribution is 2.48. The number of benzene rings is 11. The third-order valence-corrected chi connectivity index (χ3v) is 14.9. The molecule has 0 spiro atoms. The van der Waals surface area contributed by atoms with Crippen LogP contribution < -0.4 is 0 Å². The maximum atomic E-state index is 2.43. The topological polar surface area (TPSA) is 0 Å². The van der Waals surface area contributed by atoms with Gasteiger partial charge in [0.25, 0.3) is 0 Å². The first-order valence-corrected chi connectivity index (χ1v) is 21.5. The van der Waals surface area contributed by atoms with Crippen LogP contribution in [0.3, 0.4) is 0 Å². The van der Waals surface area contributed by atoms with Gasteiger partial charge in [-0.3, -0.25) is 0 Å². The SMILES string of the molecule is c1ccc2cc(-c3c4ccccc4c(-c4ccc(-c5ccc6cc7sc8c(ccc9c%10ccccc%10sc98)c7cc6c5)c5ccccc45)c4ccccc34)ccc2c1. The van der Waals surface area contributed by atoms with E-state index in [-0.39, 0.29) is 0 Å². The molecule has 0 saturated carbocycles. The molecule has 0 atom stereocenters. The third kappa shape index (κ3) is 4.68. The van der Waals surface area contributed by atoms with Crippen LogP contribution in [0.25, 0.3) is 128 Å². The fourth-order valence-corrected chi connectivity index (χ4v) is 12.3. The van der Waals surface area contributed by atoms with Crippen molar-refractivity contribution in [3.05, 3.63) is 194 Å². The van der Waals surface area contributed by atoms with Crippen molar-refractivity contribution in [2.75, 3.05) is 0 Å². The van der Waals surface area contributed by atoms with Gasteiger partial charge in [0.05, 0.1) is 9.40 Å². The van der Waals surface area contributed by atoms with Gasteiger partial charge in [-0.1, -0.05) is 164 Å². The molecule has 0 radical (unpaired) electrons. The van der Waals surface area contributed by atoms with E-state index in [0.717, 1.165) is 0 Å². The Kier molecular flexibility index (Phi) is 6.86. The molecule has 0 aliphatic carbocycles. The lowest BCUT2D eigenvalue weighted by Gasteiger charge is -2.20. The predicted octanol–water partition coefficient (Wildman–Crippen LogP) is 17.2. The number of hydrogen-bond acceptors (Lipinski definition) is 2. The van der Waals surface area contributed by atoms with Crippen molar-refractivity contribution in [3.63, 3.8) is 0 Å². The van der Waals surface area contributed by atoms with Crippen LogP contribution in [0.2, 0.25) is 0 Å². The van der Waals surface area contributed by atoms with Crippen LogP contribution in [0.1, 0.15) is 0 Å². The molecular formula is C56H32S2. The standard InChI is InChI=1S/C56H32S2/c1-2-12-34-29-37(24-21-33(34)11-1)53-43-16-5-7-18-45(43)54(46-19-8-6-17-44(46)53)47-26-25-39(40-13-3-4-14-41(40)47)36-23-22-35-32-52-50(31-38(35)30-36)49-28-27-48-42-15-9-10-20-51(42)57-55(48)56(49)58-52/h1-32H. The van der Waals surface area contributed by atoms with Crippen molar-refractivity contribution < 1.29 is 0 Å². The van der Waals surface area contributed by atoms with Crippen molar-refractivity contribution in [2.24, 2.45) is 0 Å². The first kappa shape index (κ1) is 32.3. The smallest absolute Gasteiger partial charge is 0.0534 e. The summed E-state index contributed by atoms with van der Waals surface area (Å²) < 4.78 is 5.51. The van der Waals surface area contributed by atoms with Crippen LogP contribution in [0.5, 0.6) is 0 Å². The number of fused-ring (bicyclic) bond motifs is 12. The Hall–Kier alpha value is -6.84. The van der Waals surface area contributed by atoms with E-state index in [2.05, 4.69) is 194 Å². The van der Waals surface area contributed by atoms with Gasteiger partial charge in [0.1, 0.15) is 0 Å². The third-order valence-electron chi connectivity index (χ3n) is 12.4. The zero-order chi connectivity index (χ0) is 37.9. The van der Waals surface area contributed by atoms with E-state index < -0.39 is 0 Å². The molecule has 2 aromatic heterocycles. The van der Waals surface area contributed by atoms with E-state index >= 15 is 0 Å². The summed E-state index contributed by atoms with van der Waals surface area (Å²) in [5.74, 6) is 0. The van der Waals surface area contributed by atoms with Gasteiger partial charge in [-0.15, -0.1) is 22.7 Å². The first-order chi connectivity index (χ1) is 28.7. The minimum atomic E-state index is 1.24. The molecule has 13 aromatic rings. The molecule has 0 unspecified atom stereocenters. The molecule has 0 aliphatic rings. The van der Waals surface area contributed by atoms with Crippen LogP contribution in [0.4, 0.5) is 0 Å². The number of rotatable bonds is 3. The molecule has 0 N–H and O–H groups in total. The monoisotopic (exact) mass is 768 g/mol. The van der Waals surface area contributed by atoms with Gasteiger partial charge in [0.15, 0.2) is 0 Å². The molecule has 0 fully saturated rings. The van der Waals surface area contributed by atoms with Gasteiger partial charge in [-0.2, -0.15) is 0 Å². The highest BCUT2D eigenvalue weighted by atomic mass is 32.1. The maximum Gasteiger partial charge on any atom is 0.0534 e. The highest BCUT2D eigenvalue weighted by Gasteiger charge is 2.20. The van der Waals surface area contributed by atoms with E-state index in [0.29, 0.717) is 0 Å².